The third-order valence-corrected chi connectivity index (χ3v) is 3.98. The summed E-state index contributed by atoms with van der Waals surface area (Å²) in [7, 11) is 0. The Hall–Kier alpha value is -0.900. The van der Waals surface area contributed by atoms with Crippen LogP contribution in [0.1, 0.15) is 31.5 Å². The Kier molecular flexibility index (Phi) is 2.44. The van der Waals surface area contributed by atoms with Gasteiger partial charge in [0, 0.05) is 0 Å². The second-order valence-electron chi connectivity index (χ2n) is 4.91. The van der Waals surface area contributed by atoms with Gasteiger partial charge in [-0.25, -0.2) is 0 Å². The second-order valence-corrected chi connectivity index (χ2v) is 4.91. The maximum absolute atomic E-state index is 4.69. The van der Waals surface area contributed by atoms with Gasteiger partial charge >= 0.3 is 0 Å². The van der Waals surface area contributed by atoms with E-state index in [9.17, 15) is 0 Å². The fourth-order valence-electron chi connectivity index (χ4n) is 3.27. The normalized spacial score (nSPS) is 33.7. The number of fused-ring (bicyclic) bond motifs is 2. The minimum absolute atomic E-state index is 0.740. The van der Waals surface area contributed by atoms with Gasteiger partial charge in [0.2, 0.25) is 6.39 Å². The Bertz CT molecular complexity index is 312. The van der Waals surface area contributed by atoms with Gasteiger partial charge in [0.05, 0.1) is 6.54 Å². The molecule has 82 valence electrons. The van der Waals surface area contributed by atoms with Gasteiger partial charge in [-0.05, 0) is 43.6 Å². The summed E-state index contributed by atoms with van der Waals surface area (Å²) < 4.78 is 4.69. The summed E-state index contributed by atoms with van der Waals surface area (Å²) >= 11 is 0. The van der Waals surface area contributed by atoms with Gasteiger partial charge in [-0.3, -0.25) is 0 Å². The molecule has 0 radical (unpaired) electrons. The predicted molar refractivity (Wildman–Crippen MR) is 54.9 cm³/mol. The van der Waals surface area contributed by atoms with E-state index < -0.39 is 0 Å². The minimum atomic E-state index is 0.740. The summed E-state index contributed by atoms with van der Waals surface area (Å²) in [6.45, 7) is 1.86. The van der Waals surface area contributed by atoms with Crippen LogP contribution in [-0.2, 0) is 6.54 Å². The highest BCUT2D eigenvalue weighted by Gasteiger charge is 2.38. The topological polar surface area (TPSA) is 51.0 Å². The average molecular weight is 207 g/mol. The van der Waals surface area contributed by atoms with Crippen molar-refractivity contribution in [3.05, 3.63) is 12.2 Å². The molecule has 0 saturated heterocycles. The maximum atomic E-state index is 4.69. The van der Waals surface area contributed by atoms with Crippen LogP contribution in [0.3, 0.4) is 0 Å². The van der Waals surface area contributed by atoms with Crippen molar-refractivity contribution in [2.24, 2.45) is 17.8 Å². The molecule has 1 heterocycles. The molecule has 0 aliphatic heterocycles. The summed E-state index contributed by atoms with van der Waals surface area (Å²) in [6, 6.07) is 0. The van der Waals surface area contributed by atoms with E-state index in [4.69, 9.17) is 0 Å². The summed E-state index contributed by atoms with van der Waals surface area (Å²) in [5.41, 5.74) is 0. The van der Waals surface area contributed by atoms with Crippen molar-refractivity contribution >= 4 is 0 Å². The molecule has 2 saturated carbocycles. The number of aromatic nitrogens is 2. The second kappa shape index (κ2) is 3.93. The Morgan fingerprint density at radius 3 is 3.07 bits per heavy atom. The molecule has 4 nitrogen and oxygen atoms in total. The maximum Gasteiger partial charge on any atom is 0.213 e. The van der Waals surface area contributed by atoms with Crippen molar-refractivity contribution in [3.63, 3.8) is 0 Å². The first kappa shape index (κ1) is 9.33. The Morgan fingerprint density at radius 2 is 2.40 bits per heavy atom. The van der Waals surface area contributed by atoms with Gasteiger partial charge in [-0.2, -0.15) is 4.98 Å². The molecule has 0 spiro atoms. The number of nitrogens with one attached hydrogen (secondary N) is 1. The first-order valence-electron chi connectivity index (χ1n) is 5.88. The third-order valence-electron chi connectivity index (χ3n) is 3.98. The molecule has 3 unspecified atom stereocenters. The van der Waals surface area contributed by atoms with Crippen LogP contribution in [0.4, 0.5) is 0 Å². The molecule has 2 fully saturated rings. The summed E-state index contributed by atoms with van der Waals surface area (Å²) in [5.74, 6) is 3.69. The average Bonchev–Trinajstić information content (AvgIpc) is 2.93. The molecule has 3 rings (SSSR count). The summed E-state index contributed by atoms with van der Waals surface area (Å²) in [6.07, 6.45) is 7.23. The molecule has 4 heteroatoms. The lowest BCUT2D eigenvalue weighted by Gasteiger charge is -2.21. The van der Waals surface area contributed by atoms with E-state index in [0.29, 0.717) is 0 Å². The van der Waals surface area contributed by atoms with Crippen molar-refractivity contribution in [2.45, 2.75) is 32.2 Å². The number of hydrogen-bond acceptors (Lipinski definition) is 4. The lowest BCUT2D eigenvalue weighted by Crippen LogP contribution is -2.26. The zero-order valence-electron chi connectivity index (χ0n) is 8.85. The fourth-order valence-corrected chi connectivity index (χ4v) is 3.27. The van der Waals surface area contributed by atoms with Crippen LogP contribution in [0, 0.1) is 17.8 Å². The molecule has 0 amide bonds. The van der Waals surface area contributed by atoms with E-state index in [0.717, 1.165) is 36.7 Å². The van der Waals surface area contributed by atoms with Crippen LogP contribution in [0.5, 0.6) is 0 Å². The number of rotatable bonds is 4. The van der Waals surface area contributed by atoms with Crippen molar-refractivity contribution in [2.75, 3.05) is 6.54 Å². The molecule has 2 aliphatic carbocycles. The van der Waals surface area contributed by atoms with E-state index >= 15 is 0 Å². The Morgan fingerprint density at radius 1 is 1.40 bits per heavy atom. The van der Waals surface area contributed by atoms with E-state index in [1.165, 1.54) is 32.1 Å². The van der Waals surface area contributed by atoms with Crippen molar-refractivity contribution in [3.8, 4) is 0 Å². The van der Waals surface area contributed by atoms with Crippen LogP contribution in [0.15, 0.2) is 10.9 Å². The van der Waals surface area contributed by atoms with Crippen LogP contribution in [0.25, 0.3) is 0 Å². The molecular weight excluding hydrogens is 190 g/mol. The standard InChI is InChI=1S/C11H17N3O/c1-2-9-3-8(1)4-10(9)5-12-6-11-13-7-15-14-11/h7-10,12H,1-6H2. The predicted octanol–water partition coefficient (Wildman–Crippen LogP) is 1.60. The van der Waals surface area contributed by atoms with Crippen LogP contribution < -0.4 is 5.32 Å². The molecule has 0 aromatic carbocycles. The van der Waals surface area contributed by atoms with Crippen LogP contribution in [0.2, 0.25) is 0 Å². The van der Waals surface area contributed by atoms with Gasteiger partial charge in [-0.15, -0.1) is 0 Å². The third kappa shape index (κ3) is 1.91. The zero-order valence-corrected chi connectivity index (χ0v) is 8.85. The largest absolute Gasteiger partial charge is 0.343 e. The molecule has 2 bridgehead atoms. The van der Waals surface area contributed by atoms with E-state index in [2.05, 4.69) is 20.0 Å². The molecular formula is C11H17N3O. The summed E-state index contributed by atoms with van der Waals surface area (Å²) in [4.78, 5) is 3.99. The first-order valence-corrected chi connectivity index (χ1v) is 5.88. The van der Waals surface area contributed by atoms with Gasteiger partial charge in [-0.1, -0.05) is 11.6 Å². The van der Waals surface area contributed by atoms with Crippen molar-refractivity contribution < 1.29 is 4.52 Å². The highest BCUT2D eigenvalue weighted by Crippen LogP contribution is 2.47. The quantitative estimate of drug-likeness (QED) is 0.814. The monoisotopic (exact) mass is 207 g/mol. The van der Waals surface area contributed by atoms with Gasteiger partial charge in [0.25, 0.3) is 0 Å². The van der Waals surface area contributed by atoms with Gasteiger partial charge in [0.1, 0.15) is 0 Å². The lowest BCUT2D eigenvalue weighted by atomic mass is 9.89. The zero-order chi connectivity index (χ0) is 10.1. The fraction of sp³-hybridized carbons (Fsp3) is 0.818. The van der Waals surface area contributed by atoms with E-state index in [-0.39, 0.29) is 0 Å². The minimum Gasteiger partial charge on any atom is -0.343 e. The van der Waals surface area contributed by atoms with Crippen LogP contribution in [-0.4, -0.2) is 16.7 Å². The molecule has 15 heavy (non-hydrogen) atoms. The van der Waals surface area contributed by atoms with E-state index in [1.54, 1.807) is 0 Å². The summed E-state index contributed by atoms with van der Waals surface area (Å²) in [5, 5.41) is 7.21. The number of nitrogens with zero attached hydrogens (tertiary/aromatic N) is 2. The molecule has 3 atom stereocenters. The van der Waals surface area contributed by atoms with Crippen LogP contribution >= 0.6 is 0 Å². The van der Waals surface area contributed by atoms with Gasteiger partial charge < -0.3 is 9.84 Å². The van der Waals surface area contributed by atoms with Crippen molar-refractivity contribution in [1.29, 1.82) is 0 Å². The molecule has 1 N–H and O–H groups in total. The smallest absolute Gasteiger partial charge is 0.213 e. The Labute approximate surface area is 89.4 Å². The number of hydrogen-bond donors (Lipinski definition) is 1. The first-order chi connectivity index (χ1) is 7.42. The molecule has 1 aromatic heterocycles. The lowest BCUT2D eigenvalue weighted by molar-refractivity contribution is 0.316. The van der Waals surface area contributed by atoms with Gasteiger partial charge in [0.15, 0.2) is 5.82 Å². The molecule has 1 aromatic rings. The van der Waals surface area contributed by atoms with E-state index in [1.807, 2.05) is 0 Å². The molecule has 2 aliphatic rings. The highest BCUT2D eigenvalue weighted by atomic mass is 16.5. The Balaban J connectivity index is 1.43. The highest BCUT2D eigenvalue weighted by molar-refractivity contribution is 4.91. The van der Waals surface area contributed by atoms with Crippen molar-refractivity contribution in [1.82, 2.24) is 15.5 Å². The SMILES string of the molecule is c1nc(CNCC2CC3CCC2C3)no1.